The molecule has 0 aliphatic carbocycles. The van der Waals surface area contributed by atoms with Crippen LogP contribution in [0.2, 0.25) is 0 Å². The van der Waals surface area contributed by atoms with Crippen LogP contribution in [0, 0.1) is 0 Å². The van der Waals surface area contributed by atoms with Crippen molar-refractivity contribution in [2.75, 3.05) is 36.1 Å². The van der Waals surface area contributed by atoms with Crippen molar-refractivity contribution >= 4 is 28.8 Å². The molecule has 0 saturated carbocycles. The van der Waals surface area contributed by atoms with E-state index in [1.165, 1.54) is 11.3 Å². The number of aromatic nitrogens is 6. The molecular weight excluding hydrogens is 473 g/mol. The smallest absolute Gasteiger partial charge is 0.378 e. The Morgan fingerprint density at radius 2 is 1.82 bits per heavy atom. The van der Waals surface area contributed by atoms with E-state index in [0.29, 0.717) is 36.3 Å². The van der Waals surface area contributed by atoms with E-state index in [2.05, 4.69) is 39.5 Å². The van der Waals surface area contributed by atoms with Gasteiger partial charge in [-0.2, -0.15) is 18.2 Å². The quantitative estimate of drug-likeness (QED) is 0.398. The lowest BCUT2D eigenvalue weighted by Crippen LogP contribution is -2.36. The lowest BCUT2D eigenvalue weighted by Gasteiger charge is -2.28. The van der Waals surface area contributed by atoms with Gasteiger partial charge in [0.2, 0.25) is 5.82 Å². The zero-order chi connectivity index (χ0) is 23.5. The minimum Gasteiger partial charge on any atom is -0.378 e. The molecule has 4 aromatic heterocycles. The molecule has 0 radical (unpaired) electrons. The second-order valence-corrected chi connectivity index (χ2v) is 8.34. The molecule has 0 atom stereocenters. The van der Waals surface area contributed by atoms with E-state index >= 15 is 0 Å². The molecule has 0 unspecified atom stereocenters. The predicted octanol–water partition coefficient (Wildman–Crippen LogP) is 3.57. The van der Waals surface area contributed by atoms with Crippen molar-refractivity contribution in [2.45, 2.75) is 12.7 Å². The molecule has 5 rings (SSSR count). The maximum Gasteiger partial charge on any atom is 0.471 e. The highest BCUT2D eigenvalue weighted by molar-refractivity contribution is 7.15. The first-order valence-corrected chi connectivity index (χ1v) is 11.0. The van der Waals surface area contributed by atoms with E-state index in [9.17, 15) is 13.2 Å². The topological polar surface area (TPSA) is 106 Å². The monoisotopic (exact) mass is 490 g/mol. The minimum atomic E-state index is -4.69. The average molecular weight is 490 g/mol. The first-order valence-electron chi connectivity index (χ1n) is 10.2. The normalized spacial score (nSPS) is 14.4. The number of rotatable bonds is 6. The van der Waals surface area contributed by atoms with Crippen LogP contribution in [0.4, 0.5) is 30.6 Å². The number of alkyl halides is 3. The number of ether oxygens (including phenoxy) is 1. The second kappa shape index (κ2) is 9.30. The third kappa shape index (κ3) is 4.82. The van der Waals surface area contributed by atoms with Gasteiger partial charge in [0, 0.05) is 30.4 Å². The summed E-state index contributed by atoms with van der Waals surface area (Å²) in [6, 6.07) is 3.43. The van der Waals surface area contributed by atoms with E-state index in [0.717, 1.165) is 23.8 Å². The number of thiophene rings is 1. The van der Waals surface area contributed by atoms with Gasteiger partial charge in [0.25, 0.3) is 0 Å². The molecule has 5 heterocycles. The van der Waals surface area contributed by atoms with Crippen LogP contribution < -0.4 is 9.80 Å². The Hall–Kier alpha value is -3.65. The van der Waals surface area contributed by atoms with Crippen molar-refractivity contribution in [3.05, 3.63) is 53.9 Å². The molecule has 4 aromatic rings. The zero-order valence-electron chi connectivity index (χ0n) is 17.5. The number of halogens is 3. The summed E-state index contributed by atoms with van der Waals surface area (Å²) in [5.74, 6) is 0.344. The number of hydrogen-bond donors (Lipinski definition) is 0. The molecular formula is C20H17F3N8O2S. The van der Waals surface area contributed by atoms with Crippen molar-refractivity contribution < 1.29 is 22.4 Å². The largest absolute Gasteiger partial charge is 0.471 e. The van der Waals surface area contributed by atoms with Gasteiger partial charge >= 0.3 is 12.1 Å². The van der Waals surface area contributed by atoms with Crippen LogP contribution in [-0.2, 0) is 17.5 Å². The molecule has 0 spiro atoms. The molecule has 1 fully saturated rings. The predicted molar refractivity (Wildman–Crippen MR) is 116 cm³/mol. The summed E-state index contributed by atoms with van der Waals surface area (Å²) < 4.78 is 48.1. The molecule has 176 valence electrons. The molecule has 0 amide bonds. The van der Waals surface area contributed by atoms with Gasteiger partial charge < -0.3 is 19.1 Å². The van der Waals surface area contributed by atoms with E-state index in [-0.39, 0.29) is 5.82 Å². The number of nitrogens with zero attached hydrogens (tertiary/aromatic N) is 8. The van der Waals surface area contributed by atoms with Crippen LogP contribution >= 0.6 is 11.3 Å². The SMILES string of the molecule is FC(F)(F)c1nc(-c2ccc(CN(c3cnccn3)c3cnc(N4CCOCC4)cn3)s2)no1. The first-order chi connectivity index (χ1) is 16.5. The van der Waals surface area contributed by atoms with Crippen LogP contribution in [0.3, 0.4) is 0 Å². The van der Waals surface area contributed by atoms with Gasteiger partial charge in [-0.3, -0.25) is 4.98 Å². The van der Waals surface area contributed by atoms with Crippen molar-refractivity contribution in [1.82, 2.24) is 30.1 Å². The van der Waals surface area contributed by atoms with Gasteiger partial charge in [-0.05, 0) is 12.1 Å². The Labute approximate surface area is 195 Å². The number of anilines is 3. The summed E-state index contributed by atoms with van der Waals surface area (Å²) in [4.78, 5) is 26.3. The van der Waals surface area contributed by atoms with E-state index in [4.69, 9.17) is 4.74 Å². The van der Waals surface area contributed by atoms with Crippen molar-refractivity contribution in [3.8, 4) is 10.7 Å². The highest BCUT2D eigenvalue weighted by Gasteiger charge is 2.38. The third-order valence-corrected chi connectivity index (χ3v) is 5.99. The Morgan fingerprint density at radius 3 is 2.50 bits per heavy atom. The fourth-order valence-electron chi connectivity index (χ4n) is 3.30. The molecule has 14 heteroatoms. The van der Waals surface area contributed by atoms with Gasteiger partial charge in [-0.25, -0.2) is 15.0 Å². The minimum absolute atomic E-state index is 0.121. The maximum absolute atomic E-state index is 12.8. The first kappa shape index (κ1) is 22.2. The Kier molecular flexibility index (Phi) is 6.06. The van der Waals surface area contributed by atoms with Crippen LogP contribution in [0.1, 0.15) is 10.8 Å². The fraction of sp³-hybridized carbons (Fsp3) is 0.300. The summed E-state index contributed by atoms with van der Waals surface area (Å²) in [5.41, 5.74) is 0. The van der Waals surface area contributed by atoms with Crippen molar-refractivity contribution in [1.29, 1.82) is 0 Å². The average Bonchev–Trinajstić information content (AvgIpc) is 3.54. The van der Waals surface area contributed by atoms with Gasteiger partial charge in [-0.1, -0.05) is 5.16 Å². The van der Waals surface area contributed by atoms with E-state index < -0.39 is 12.1 Å². The van der Waals surface area contributed by atoms with Gasteiger partial charge in [0.05, 0.1) is 43.2 Å². The Bertz CT molecular complexity index is 1230. The Morgan fingerprint density at radius 1 is 1.00 bits per heavy atom. The lowest BCUT2D eigenvalue weighted by molar-refractivity contribution is -0.159. The van der Waals surface area contributed by atoms with E-state index in [1.807, 2.05) is 4.90 Å². The summed E-state index contributed by atoms with van der Waals surface area (Å²) in [6.07, 6.45) is 3.38. The van der Waals surface area contributed by atoms with Gasteiger partial charge in [0.1, 0.15) is 5.82 Å². The summed E-state index contributed by atoms with van der Waals surface area (Å²) in [7, 11) is 0. The zero-order valence-corrected chi connectivity index (χ0v) is 18.3. The third-order valence-electron chi connectivity index (χ3n) is 4.93. The van der Waals surface area contributed by atoms with Gasteiger partial charge in [0.15, 0.2) is 11.6 Å². The van der Waals surface area contributed by atoms with Crippen molar-refractivity contribution in [3.63, 3.8) is 0 Å². The summed E-state index contributed by atoms with van der Waals surface area (Å²) in [5, 5.41) is 3.45. The number of hydrogen-bond acceptors (Lipinski definition) is 11. The highest BCUT2D eigenvalue weighted by Crippen LogP contribution is 2.33. The van der Waals surface area contributed by atoms with Crippen LogP contribution in [0.5, 0.6) is 0 Å². The van der Waals surface area contributed by atoms with Gasteiger partial charge in [-0.15, -0.1) is 11.3 Å². The summed E-state index contributed by atoms with van der Waals surface area (Å²) >= 11 is 1.24. The Balaban J connectivity index is 1.39. The molecule has 0 N–H and O–H groups in total. The molecule has 1 aliphatic heterocycles. The molecule has 0 bridgehead atoms. The van der Waals surface area contributed by atoms with Crippen molar-refractivity contribution in [2.24, 2.45) is 0 Å². The molecule has 34 heavy (non-hydrogen) atoms. The molecule has 0 aromatic carbocycles. The highest BCUT2D eigenvalue weighted by atomic mass is 32.1. The lowest BCUT2D eigenvalue weighted by atomic mass is 10.3. The second-order valence-electron chi connectivity index (χ2n) is 7.17. The fourth-order valence-corrected chi connectivity index (χ4v) is 4.22. The van der Waals surface area contributed by atoms with Crippen LogP contribution in [-0.4, -0.2) is 56.4 Å². The van der Waals surface area contributed by atoms with E-state index in [1.54, 1.807) is 43.1 Å². The maximum atomic E-state index is 12.8. The standard InChI is InChI=1S/C20H17F3N8O2S/c21-20(22,23)19-28-18(29-33-19)14-2-1-13(34-14)12-31(16-9-24-3-4-25-16)17-11-26-15(10-27-17)30-5-7-32-8-6-30/h1-4,9-11H,5-8,12H2. The van der Waals surface area contributed by atoms with Crippen LogP contribution in [0.25, 0.3) is 10.7 Å². The number of morpholine rings is 1. The van der Waals surface area contributed by atoms with Crippen LogP contribution in [0.15, 0.2) is 47.6 Å². The summed E-state index contributed by atoms with van der Waals surface area (Å²) in [6.45, 7) is 3.10. The molecule has 1 saturated heterocycles. The molecule has 1 aliphatic rings. The molecule has 10 nitrogen and oxygen atoms in total.